The molecular weight excluding hydrogens is 278 g/mol. The summed E-state index contributed by atoms with van der Waals surface area (Å²) in [5.41, 5.74) is 7.54. The number of fused-ring (bicyclic) bond motifs is 1. The first-order chi connectivity index (χ1) is 10.2. The molecule has 4 heteroatoms. The lowest BCUT2D eigenvalue weighted by Crippen LogP contribution is -2.45. The van der Waals surface area contributed by atoms with Gasteiger partial charge >= 0.3 is 0 Å². The number of benzene rings is 1. The molecule has 1 saturated heterocycles. The van der Waals surface area contributed by atoms with E-state index in [-0.39, 0.29) is 0 Å². The summed E-state index contributed by atoms with van der Waals surface area (Å²) in [5, 5.41) is 3.67. The van der Waals surface area contributed by atoms with E-state index in [4.69, 9.17) is 5.73 Å². The lowest BCUT2D eigenvalue weighted by Gasteiger charge is -2.39. The lowest BCUT2D eigenvalue weighted by molar-refractivity contribution is 0.110. The summed E-state index contributed by atoms with van der Waals surface area (Å²) >= 11 is 1.83. The molecule has 114 valence electrons. The summed E-state index contributed by atoms with van der Waals surface area (Å²) in [6.07, 6.45) is 2.48. The number of nitrogens with two attached hydrogens (primary N) is 1. The highest BCUT2D eigenvalue weighted by Gasteiger charge is 2.27. The molecule has 1 aliphatic rings. The Morgan fingerprint density at radius 1 is 1.33 bits per heavy atom. The van der Waals surface area contributed by atoms with E-state index in [9.17, 15) is 0 Å². The maximum atomic E-state index is 6.14. The van der Waals surface area contributed by atoms with Crippen LogP contribution in [-0.4, -0.2) is 49.6 Å². The maximum absolute atomic E-state index is 6.14. The monoisotopic (exact) mass is 303 g/mol. The summed E-state index contributed by atoms with van der Waals surface area (Å²) in [4.78, 5) is 4.93. The lowest BCUT2D eigenvalue weighted by atomic mass is 9.98. The van der Waals surface area contributed by atoms with Gasteiger partial charge in [-0.3, -0.25) is 4.90 Å². The molecule has 0 saturated carbocycles. The molecule has 3 nitrogen and oxygen atoms in total. The van der Waals surface area contributed by atoms with Gasteiger partial charge in [-0.2, -0.15) is 0 Å². The molecule has 2 aromatic rings. The van der Waals surface area contributed by atoms with Gasteiger partial charge in [0.05, 0.1) is 0 Å². The molecule has 1 atom stereocenters. The minimum absolute atomic E-state index is 0.328. The van der Waals surface area contributed by atoms with Crippen molar-refractivity contribution >= 4 is 21.4 Å². The molecule has 1 aromatic heterocycles. The summed E-state index contributed by atoms with van der Waals surface area (Å²) < 4.78 is 1.36. The SMILES string of the molecule is CN1CCC(N(C)C(CN)c2csc3ccccc23)CC1. The normalized spacial score (nSPS) is 19.4. The molecule has 0 spiro atoms. The van der Waals surface area contributed by atoms with Crippen LogP contribution in [0.15, 0.2) is 29.6 Å². The van der Waals surface area contributed by atoms with Gasteiger partial charge in [0, 0.05) is 23.3 Å². The van der Waals surface area contributed by atoms with Crippen LogP contribution in [0.25, 0.3) is 10.1 Å². The van der Waals surface area contributed by atoms with Crippen LogP contribution in [0.1, 0.15) is 24.4 Å². The van der Waals surface area contributed by atoms with Gasteiger partial charge < -0.3 is 10.6 Å². The van der Waals surface area contributed by atoms with Crippen molar-refractivity contribution in [1.82, 2.24) is 9.80 Å². The third kappa shape index (κ3) is 2.99. The molecule has 2 N–H and O–H groups in total. The van der Waals surface area contributed by atoms with Gasteiger partial charge in [0.2, 0.25) is 0 Å². The maximum Gasteiger partial charge on any atom is 0.0484 e. The van der Waals surface area contributed by atoms with Gasteiger partial charge in [0.1, 0.15) is 0 Å². The Labute approximate surface area is 131 Å². The van der Waals surface area contributed by atoms with Crippen LogP contribution in [0.2, 0.25) is 0 Å². The van der Waals surface area contributed by atoms with Gasteiger partial charge in [0.25, 0.3) is 0 Å². The number of likely N-dealkylation sites (N-methyl/N-ethyl adjacent to an activating group) is 1. The number of thiophene rings is 1. The third-order valence-corrected chi connectivity index (χ3v) is 5.83. The van der Waals surface area contributed by atoms with Crippen LogP contribution in [0.5, 0.6) is 0 Å². The predicted molar refractivity (Wildman–Crippen MR) is 91.9 cm³/mol. The molecule has 0 radical (unpaired) electrons. The molecule has 1 aromatic carbocycles. The van der Waals surface area contributed by atoms with E-state index >= 15 is 0 Å². The molecule has 0 amide bonds. The van der Waals surface area contributed by atoms with Crippen molar-refractivity contribution in [2.24, 2.45) is 5.73 Å². The topological polar surface area (TPSA) is 32.5 Å². The fraction of sp³-hybridized carbons (Fsp3) is 0.529. The van der Waals surface area contributed by atoms with Crippen LogP contribution in [-0.2, 0) is 0 Å². The Bertz CT molecular complexity index is 586. The third-order valence-electron chi connectivity index (χ3n) is 4.85. The van der Waals surface area contributed by atoms with Gasteiger partial charge in [-0.15, -0.1) is 11.3 Å². The second-order valence-corrected chi connectivity index (χ2v) is 7.05. The van der Waals surface area contributed by atoms with Crippen LogP contribution in [0.4, 0.5) is 0 Å². The fourth-order valence-corrected chi connectivity index (χ4v) is 4.43. The molecule has 1 aliphatic heterocycles. The first-order valence-electron chi connectivity index (χ1n) is 7.77. The van der Waals surface area contributed by atoms with Crippen molar-refractivity contribution in [3.8, 4) is 0 Å². The zero-order valence-electron chi connectivity index (χ0n) is 13.0. The van der Waals surface area contributed by atoms with E-state index in [1.807, 2.05) is 11.3 Å². The average molecular weight is 303 g/mol. The second kappa shape index (κ2) is 6.44. The van der Waals surface area contributed by atoms with Crippen molar-refractivity contribution in [3.63, 3.8) is 0 Å². The predicted octanol–water partition coefficient (Wildman–Crippen LogP) is 2.93. The highest BCUT2D eigenvalue weighted by Crippen LogP contribution is 2.34. The molecule has 0 bridgehead atoms. The first kappa shape index (κ1) is 15.0. The van der Waals surface area contributed by atoms with Crippen molar-refractivity contribution in [2.45, 2.75) is 24.9 Å². The minimum Gasteiger partial charge on any atom is -0.329 e. The second-order valence-electron chi connectivity index (χ2n) is 6.14. The smallest absolute Gasteiger partial charge is 0.0484 e. The van der Waals surface area contributed by atoms with Gasteiger partial charge in [0.15, 0.2) is 0 Å². The highest BCUT2D eigenvalue weighted by molar-refractivity contribution is 7.17. The Morgan fingerprint density at radius 3 is 2.76 bits per heavy atom. The quantitative estimate of drug-likeness (QED) is 0.942. The van der Waals surface area contributed by atoms with E-state index in [1.54, 1.807) is 0 Å². The van der Waals surface area contributed by atoms with Gasteiger partial charge in [-0.05, 0) is 62.4 Å². The molecule has 3 rings (SSSR count). The summed E-state index contributed by atoms with van der Waals surface area (Å²) in [6.45, 7) is 3.07. The fourth-order valence-electron chi connectivity index (χ4n) is 3.43. The van der Waals surface area contributed by atoms with Crippen LogP contribution >= 0.6 is 11.3 Å². The standard InChI is InChI=1S/C17H25N3S/c1-19-9-7-13(8-10-19)20(2)16(11-18)15-12-21-17-6-4-3-5-14(15)17/h3-6,12-13,16H,7-11,18H2,1-2H3. The van der Waals surface area contributed by atoms with Crippen LogP contribution < -0.4 is 5.73 Å². The Balaban J connectivity index is 1.84. The Morgan fingerprint density at radius 2 is 2.05 bits per heavy atom. The molecule has 2 heterocycles. The van der Waals surface area contributed by atoms with Crippen molar-refractivity contribution < 1.29 is 0 Å². The van der Waals surface area contributed by atoms with E-state index in [1.165, 1.54) is 41.6 Å². The summed E-state index contributed by atoms with van der Waals surface area (Å²) in [6, 6.07) is 9.64. The highest BCUT2D eigenvalue weighted by atomic mass is 32.1. The number of likely N-dealkylation sites (tertiary alicyclic amines) is 1. The zero-order valence-corrected chi connectivity index (χ0v) is 13.8. The molecule has 0 aliphatic carbocycles. The number of piperidine rings is 1. The number of hydrogen-bond acceptors (Lipinski definition) is 4. The van der Waals surface area contributed by atoms with Crippen LogP contribution in [0, 0.1) is 0 Å². The number of hydrogen-bond donors (Lipinski definition) is 1. The van der Waals surface area contributed by atoms with Gasteiger partial charge in [-0.25, -0.2) is 0 Å². The van der Waals surface area contributed by atoms with Crippen molar-refractivity contribution in [2.75, 3.05) is 33.7 Å². The Kier molecular flexibility index (Phi) is 4.60. The molecule has 1 fully saturated rings. The zero-order chi connectivity index (χ0) is 14.8. The average Bonchev–Trinajstić information content (AvgIpc) is 2.93. The molecular formula is C17H25N3S. The summed E-state index contributed by atoms with van der Waals surface area (Å²) in [7, 11) is 4.46. The Hall–Kier alpha value is -0.940. The van der Waals surface area contributed by atoms with Gasteiger partial charge in [-0.1, -0.05) is 18.2 Å². The minimum atomic E-state index is 0.328. The van der Waals surface area contributed by atoms with E-state index in [0.717, 1.165) is 0 Å². The van der Waals surface area contributed by atoms with Crippen molar-refractivity contribution in [1.29, 1.82) is 0 Å². The first-order valence-corrected chi connectivity index (χ1v) is 8.65. The largest absolute Gasteiger partial charge is 0.329 e. The van der Waals surface area contributed by atoms with Crippen LogP contribution in [0.3, 0.4) is 0 Å². The van der Waals surface area contributed by atoms with E-state index in [2.05, 4.69) is 53.5 Å². The van der Waals surface area contributed by atoms with Crippen molar-refractivity contribution in [3.05, 3.63) is 35.2 Å². The summed E-state index contributed by atoms with van der Waals surface area (Å²) in [5.74, 6) is 0. The number of rotatable bonds is 4. The molecule has 1 unspecified atom stereocenters. The molecule has 21 heavy (non-hydrogen) atoms. The van der Waals surface area contributed by atoms with E-state index in [0.29, 0.717) is 18.6 Å². The number of nitrogens with zero attached hydrogens (tertiary/aromatic N) is 2. The van der Waals surface area contributed by atoms with E-state index < -0.39 is 0 Å².